The lowest BCUT2D eigenvalue weighted by Gasteiger charge is -2.11. The molecule has 1 fully saturated rings. The molecule has 0 saturated carbocycles. The summed E-state index contributed by atoms with van der Waals surface area (Å²) < 4.78 is 5.48. The predicted octanol–water partition coefficient (Wildman–Crippen LogP) is 2.46. The van der Waals surface area contributed by atoms with Crippen molar-refractivity contribution < 1.29 is 9.53 Å². The average Bonchev–Trinajstić information content (AvgIpc) is 2.90. The molecule has 2 rings (SSSR count). The Morgan fingerprint density at radius 1 is 1.56 bits per heavy atom. The highest BCUT2D eigenvalue weighted by molar-refractivity contribution is 7.97. The average molecular weight is 265 g/mol. The molecule has 0 bridgehead atoms. The largest absolute Gasteiger partial charge is 0.376 e. The van der Waals surface area contributed by atoms with Gasteiger partial charge < -0.3 is 10.1 Å². The zero-order valence-electron chi connectivity index (χ0n) is 10.6. The minimum atomic E-state index is -0.00606. The highest BCUT2D eigenvalue weighted by Crippen LogP contribution is 2.13. The lowest BCUT2D eigenvalue weighted by atomic mass is 10.1. The van der Waals surface area contributed by atoms with Crippen LogP contribution in [0.25, 0.3) is 0 Å². The maximum atomic E-state index is 12.0. The summed E-state index contributed by atoms with van der Waals surface area (Å²) in [4.78, 5) is 12.0. The van der Waals surface area contributed by atoms with Gasteiger partial charge in [0.05, 0.1) is 6.10 Å². The number of carbonyl (C=O) groups excluding carboxylic acids is 1. The van der Waals surface area contributed by atoms with Crippen molar-refractivity contribution in [3.8, 4) is 0 Å². The fourth-order valence-corrected chi connectivity index (χ4v) is 2.60. The maximum Gasteiger partial charge on any atom is 0.251 e. The summed E-state index contributed by atoms with van der Waals surface area (Å²) in [6, 6.07) is 7.80. The van der Waals surface area contributed by atoms with E-state index in [1.807, 2.05) is 24.3 Å². The van der Waals surface area contributed by atoms with Crippen molar-refractivity contribution in [2.24, 2.45) is 0 Å². The zero-order valence-corrected chi connectivity index (χ0v) is 11.5. The van der Waals surface area contributed by atoms with Crippen molar-refractivity contribution in [3.05, 3.63) is 35.4 Å². The van der Waals surface area contributed by atoms with Crippen LogP contribution in [-0.2, 0) is 10.5 Å². The van der Waals surface area contributed by atoms with Gasteiger partial charge in [-0.1, -0.05) is 12.1 Å². The number of amides is 1. The molecule has 1 unspecified atom stereocenters. The zero-order chi connectivity index (χ0) is 12.8. The Hall–Kier alpha value is -1.00. The van der Waals surface area contributed by atoms with Crippen LogP contribution < -0.4 is 5.32 Å². The summed E-state index contributed by atoms with van der Waals surface area (Å²) >= 11 is 1.76. The smallest absolute Gasteiger partial charge is 0.251 e. The van der Waals surface area contributed by atoms with Gasteiger partial charge >= 0.3 is 0 Å². The van der Waals surface area contributed by atoms with Crippen LogP contribution in [0.4, 0.5) is 0 Å². The molecular weight excluding hydrogens is 246 g/mol. The number of carbonyl (C=O) groups is 1. The minimum Gasteiger partial charge on any atom is -0.376 e. The van der Waals surface area contributed by atoms with E-state index in [2.05, 4.69) is 11.6 Å². The van der Waals surface area contributed by atoms with Gasteiger partial charge in [-0.15, -0.1) is 0 Å². The number of nitrogens with one attached hydrogen (secondary N) is 1. The summed E-state index contributed by atoms with van der Waals surface area (Å²) in [5, 5.41) is 2.94. The molecule has 1 amide bonds. The van der Waals surface area contributed by atoms with Crippen LogP contribution >= 0.6 is 11.8 Å². The molecule has 0 aliphatic carbocycles. The van der Waals surface area contributed by atoms with Gasteiger partial charge in [0, 0.05) is 24.5 Å². The first-order valence-electron chi connectivity index (χ1n) is 6.27. The predicted molar refractivity (Wildman–Crippen MR) is 75.0 cm³/mol. The van der Waals surface area contributed by atoms with E-state index in [0.29, 0.717) is 6.54 Å². The van der Waals surface area contributed by atoms with E-state index in [1.165, 1.54) is 5.56 Å². The molecule has 1 saturated heterocycles. The van der Waals surface area contributed by atoms with Crippen molar-refractivity contribution in [3.63, 3.8) is 0 Å². The maximum absolute atomic E-state index is 12.0. The molecule has 4 heteroatoms. The molecule has 98 valence electrons. The van der Waals surface area contributed by atoms with Crippen LogP contribution in [0.15, 0.2) is 24.3 Å². The monoisotopic (exact) mass is 265 g/mol. The second-order valence-electron chi connectivity index (χ2n) is 4.48. The quantitative estimate of drug-likeness (QED) is 0.888. The third-order valence-corrected chi connectivity index (χ3v) is 3.64. The van der Waals surface area contributed by atoms with Crippen molar-refractivity contribution in [1.82, 2.24) is 5.32 Å². The fourth-order valence-electron chi connectivity index (χ4n) is 2.08. The Bertz CT molecular complexity index is 403. The van der Waals surface area contributed by atoms with Crippen LogP contribution in [0.1, 0.15) is 28.8 Å². The van der Waals surface area contributed by atoms with Crippen molar-refractivity contribution in [2.45, 2.75) is 24.7 Å². The summed E-state index contributed by atoms with van der Waals surface area (Å²) in [7, 11) is 0. The number of ether oxygens (including phenoxy) is 1. The Morgan fingerprint density at radius 3 is 3.17 bits per heavy atom. The van der Waals surface area contributed by atoms with Gasteiger partial charge in [-0.25, -0.2) is 0 Å². The van der Waals surface area contributed by atoms with Gasteiger partial charge in [0.25, 0.3) is 5.91 Å². The molecule has 18 heavy (non-hydrogen) atoms. The third-order valence-electron chi connectivity index (χ3n) is 3.01. The van der Waals surface area contributed by atoms with Gasteiger partial charge in [-0.3, -0.25) is 4.79 Å². The van der Waals surface area contributed by atoms with E-state index in [4.69, 9.17) is 4.74 Å². The van der Waals surface area contributed by atoms with Crippen LogP contribution in [0.3, 0.4) is 0 Å². The number of benzene rings is 1. The molecule has 0 aromatic heterocycles. The fraction of sp³-hybridized carbons (Fsp3) is 0.500. The first-order chi connectivity index (χ1) is 8.79. The summed E-state index contributed by atoms with van der Waals surface area (Å²) in [6.45, 7) is 1.44. The third kappa shape index (κ3) is 3.75. The van der Waals surface area contributed by atoms with Crippen LogP contribution in [0.5, 0.6) is 0 Å². The van der Waals surface area contributed by atoms with E-state index in [1.54, 1.807) is 11.8 Å². The number of hydrogen-bond donors (Lipinski definition) is 1. The number of hydrogen-bond acceptors (Lipinski definition) is 3. The first-order valence-corrected chi connectivity index (χ1v) is 7.66. The summed E-state index contributed by atoms with van der Waals surface area (Å²) in [5.74, 6) is 0.931. The van der Waals surface area contributed by atoms with Crippen molar-refractivity contribution in [1.29, 1.82) is 0 Å². The van der Waals surface area contributed by atoms with Crippen molar-refractivity contribution >= 4 is 17.7 Å². The molecule has 1 aliphatic heterocycles. The molecule has 1 heterocycles. The highest BCUT2D eigenvalue weighted by Gasteiger charge is 2.16. The summed E-state index contributed by atoms with van der Waals surface area (Å²) in [5.41, 5.74) is 1.92. The molecular formula is C14H19NO2S. The van der Waals surface area contributed by atoms with Gasteiger partial charge in [-0.05, 0) is 36.8 Å². The van der Waals surface area contributed by atoms with Gasteiger partial charge in [0.1, 0.15) is 0 Å². The molecule has 0 radical (unpaired) electrons. The second kappa shape index (κ2) is 6.81. The molecule has 3 nitrogen and oxygen atoms in total. The molecule has 1 aromatic rings. The van der Waals surface area contributed by atoms with E-state index in [9.17, 15) is 4.79 Å². The molecule has 0 spiro atoms. The standard InChI is InChI=1S/C14H19NO2S/c1-18-10-11-4-2-5-12(8-11)14(16)15-9-13-6-3-7-17-13/h2,4-5,8,13H,3,6-7,9-10H2,1H3,(H,15,16). The van der Waals surface area contributed by atoms with Gasteiger partial charge in [-0.2, -0.15) is 11.8 Å². The summed E-state index contributed by atoms with van der Waals surface area (Å²) in [6.07, 6.45) is 4.41. The van der Waals surface area contributed by atoms with Crippen LogP contribution in [0, 0.1) is 0 Å². The Kier molecular flexibility index (Phi) is 5.08. The molecule has 1 aliphatic rings. The Morgan fingerprint density at radius 2 is 2.44 bits per heavy atom. The SMILES string of the molecule is CSCc1cccc(C(=O)NCC2CCCO2)c1. The second-order valence-corrected chi connectivity index (χ2v) is 5.34. The lowest BCUT2D eigenvalue weighted by Crippen LogP contribution is -2.31. The molecule has 1 N–H and O–H groups in total. The first kappa shape index (κ1) is 13.4. The molecule has 1 atom stereocenters. The number of rotatable bonds is 5. The topological polar surface area (TPSA) is 38.3 Å². The normalized spacial score (nSPS) is 18.8. The minimum absolute atomic E-state index is 0.00606. The van der Waals surface area contributed by atoms with Crippen molar-refractivity contribution in [2.75, 3.05) is 19.4 Å². The Labute approximate surface area is 112 Å². The van der Waals surface area contributed by atoms with E-state index < -0.39 is 0 Å². The lowest BCUT2D eigenvalue weighted by molar-refractivity contribution is 0.0857. The van der Waals surface area contributed by atoms with E-state index in [-0.39, 0.29) is 12.0 Å². The van der Waals surface area contributed by atoms with E-state index in [0.717, 1.165) is 30.8 Å². The number of thioether (sulfide) groups is 1. The van der Waals surface area contributed by atoms with Crippen LogP contribution in [0.2, 0.25) is 0 Å². The Balaban J connectivity index is 1.89. The van der Waals surface area contributed by atoms with Gasteiger partial charge in [0.2, 0.25) is 0 Å². The van der Waals surface area contributed by atoms with E-state index >= 15 is 0 Å². The molecule has 1 aromatic carbocycles. The van der Waals surface area contributed by atoms with Gasteiger partial charge in [0.15, 0.2) is 0 Å². The highest BCUT2D eigenvalue weighted by atomic mass is 32.2. The van der Waals surface area contributed by atoms with Crippen LogP contribution in [-0.4, -0.2) is 31.4 Å².